The van der Waals surface area contributed by atoms with Gasteiger partial charge in [-0.15, -0.1) is 0 Å². The number of benzene rings is 21. The molecule has 3 aliphatic carbocycles. The van der Waals surface area contributed by atoms with Gasteiger partial charge in [0.15, 0.2) is 0 Å². The predicted molar refractivity (Wildman–Crippen MR) is 604 cm³/mol. The number of para-hydroxylation sites is 5. The standard InChI is InChI=1S/2C46H32N2.C45H31N3/c1-46(2)38-21-11-8-19-35(38)42-33-17-6-7-18-34(33)43-36-20-10-13-23-40(36)48(45(43)44(42)46)41-28-37(32-16-9-12-22-39(32)47-41)31-26-24-30(25-27-31)29-14-4-3-5-15-29;1-46(2)38-22-12-10-20-36(38)41-34-18-8-9-19-35(34)42-37-21-11-13-23-39(37)48(45(42)43(41)46)40-28-32-16-6-7-17-33(32)44(47-40)31-26-24-30(25-27-31)29-14-4-3-5-15-29;1-45(2)36-21-11-8-18-33(36)39-31-16-6-7-17-32(31)40-35-20-10-13-23-38(35)48(43(40)41(39)45)44-46-37-22-12-9-19-34(37)42(47-44)30-26-24-29(25-27-30)28-14-4-3-5-15-28/h2*3-28H,1-2H3;3-27H,1-2H3. The van der Waals surface area contributed by atoms with Gasteiger partial charge in [0.1, 0.15) is 11.6 Å². The van der Waals surface area contributed by atoms with E-state index in [-0.39, 0.29) is 16.2 Å². The smallest absolute Gasteiger partial charge is 0.235 e. The van der Waals surface area contributed by atoms with Crippen molar-refractivity contribution in [1.29, 1.82) is 0 Å². The molecule has 0 saturated carbocycles. The van der Waals surface area contributed by atoms with Crippen molar-refractivity contribution in [3.8, 4) is 118 Å². The van der Waals surface area contributed by atoms with Crippen molar-refractivity contribution in [2.75, 3.05) is 0 Å². The molecule has 0 radical (unpaired) electrons. The van der Waals surface area contributed by atoms with E-state index in [1.807, 2.05) is 0 Å². The molecule has 6 aromatic heterocycles. The number of nitrogens with zero attached hydrogens (tertiary/aromatic N) is 7. The first-order chi connectivity index (χ1) is 70.8. The van der Waals surface area contributed by atoms with Crippen LogP contribution < -0.4 is 0 Å². The van der Waals surface area contributed by atoms with E-state index in [1.165, 1.54) is 209 Å². The molecule has 7 nitrogen and oxygen atoms in total. The summed E-state index contributed by atoms with van der Waals surface area (Å²) in [5.41, 5.74) is 38.3. The second kappa shape index (κ2) is 32.5. The number of pyridine rings is 2. The third kappa shape index (κ3) is 12.7. The van der Waals surface area contributed by atoms with Crippen molar-refractivity contribution >= 4 is 130 Å². The van der Waals surface area contributed by atoms with E-state index in [0.29, 0.717) is 5.95 Å². The van der Waals surface area contributed by atoms with E-state index in [9.17, 15) is 0 Å². The molecule has 0 saturated heterocycles. The minimum atomic E-state index is -0.229. The number of hydrogen-bond acceptors (Lipinski definition) is 4. The average molecular weight is 1840 g/mol. The summed E-state index contributed by atoms with van der Waals surface area (Å²) in [7, 11) is 0. The van der Waals surface area contributed by atoms with Gasteiger partial charge in [0.2, 0.25) is 5.95 Å². The first-order valence-electron chi connectivity index (χ1n) is 50.1. The monoisotopic (exact) mass is 1840 g/mol. The summed E-state index contributed by atoms with van der Waals surface area (Å²) in [5, 5.41) is 19.8. The van der Waals surface area contributed by atoms with Crippen LogP contribution in [0.15, 0.2) is 467 Å². The highest BCUT2D eigenvalue weighted by molar-refractivity contribution is 6.30. The first kappa shape index (κ1) is 84.1. The summed E-state index contributed by atoms with van der Waals surface area (Å²) in [6.45, 7) is 14.3. The second-order valence-electron chi connectivity index (χ2n) is 40.4. The van der Waals surface area contributed by atoms with Crippen LogP contribution in [-0.2, 0) is 16.2 Å². The fourth-order valence-corrected chi connectivity index (χ4v) is 25.0. The van der Waals surface area contributed by atoms with Gasteiger partial charge in [-0.2, -0.15) is 0 Å². The molecule has 0 fully saturated rings. The van der Waals surface area contributed by atoms with Crippen molar-refractivity contribution in [3.63, 3.8) is 0 Å². The fraction of sp³-hybridized carbons (Fsp3) is 0.0657. The van der Waals surface area contributed by atoms with Gasteiger partial charge in [-0.1, -0.05) is 466 Å². The van der Waals surface area contributed by atoms with Gasteiger partial charge in [0, 0.05) is 75.8 Å². The summed E-state index contributed by atoms with van der Waals surface area (Å²) in [6.07, 6.45) is 0. The Bertz CT molecular complexity index is 9110. The Kier molecular flexibility index (Phi) is 19.0. The highest BCUT2D eigenvalue weighted by Gasteiger charge is 2.45. The first-order valence-corrected chi connectivity index (χ1v) is 50.1. The van der Waals surface area contributed by atoms with E-state index >= 15 is 0 Å². The Labute approximate surface area is 834 Å². The molecule has 0 unspecified atom stereocenters. The Balaban J connectivity index is 0.000000105. The molecule has 21 aromatic carbocycles. The highest BCUT2D eigenvalue weighted by atomic mass is 15.2. The minimum absolute atomic E-state index is 0.201. The van der Waals surface area contributed by atoms with Crippen molar-refractivity contribution in [1.82, 2.24) is 33.6 Å². The predicted octanol–water partition coefficient (Wildman–Crippen LogP) is 35.8. The minimum Gasteiger partial charge on any atom is -0.293 e. The normalized spacial score (nSPS) is 13.4. The maximum atomic E-state index is 5.58. The Morgan fingerprint density at radius 3 is 0.889 bits per heavy atom. The topological polar surface area (TPSA) is 66.3 Å². The Hall–Kier alpha value is -18.0. The van der Waals surface area contributed by atoms with Gasteiger partial charge < -0.3 is 0 Å². The number of aromatic nitrogens is 7. The van der Waals surface area contributed by atoms with Crippen LogP contribution in [0.2, 0.25) is 0 Å². The lowest BCUT2D eigenvalue weighted by atomic mass is 9.80. The number of hydrogen-bond donors (Lipinski definition) is 0. The highest BCUT2D eigenvalue weighted by Crippen LogP contribution is 2.61. The molecule has 3 aliphatic rings. The number of fused-ring (bicyclic) bond motifs is 33. The van der Waals surface area contributed by atoms with Crippen LogP contribution in [0.5, 0.6) is 0 Å². The quantitative estimate of drug-likeness (QED) is 0.144. The summed E-state index contributed by atoms with van der Waals surface area (Å²) in [4.78, 5) is 21.8. The summed E-state index contributed by atoms with van der Waals surface area (Å²) in [6, 6.07) is 169. The van der Waals surface area contributed by atoms with Crippen LogP contribution in [0.1, 0.15) is 74.9 Å². The largest absolute Gasteiger partial charge is 0.293 e. The molecule has 0 aliphatic heterocycles. The van der Waals surface area contributed by atoms with Gasteiger partial charge in [-0.3, -0.25) is 13.7 Å². The molecular formula is C137H95N7. The lowest BCUT2D eigenvalue weighted by Gasteiger charge is -2.24. The Morgan fingerprint density at radius 1 is 0.188 bits per heavy atom. The average Bonchev–Trinajstić information content (AvgIpc) is 1.52. The van der Waals surface area contributed by atoms with Crippen molar-refractivity contribution in [2.45, 2.75) is 57.8 Å². The third-order valence-corrected chi connectivity index (χ3v) is 31.5. The maximum Gasteiger partial charge on any atom is 0.235 e. The fourth-order valence-electron chi connectivity index (χ4n) is 25.0. The molecule has 27 aromatic rings. The molecule has 144 heavy (non-hydrogen) atoms. The Morgan fingerprint density at radius 2 is 0.472 bits per heavy atom. The molecule has 0 amide bonds. The molecule has 0 bridgehead atoms. The van der Waals surface area contributed by atoms with E-state index in [0.717, 1.165) is 66.9 Å². The molecular weight excluding hydrogens is 1740 g/mol. The van der Waals surface area contributed by atoms with Crippen LogP contribution in [0.4, 0.5) is 0 Å². The molecule has 0 N–H and O–H groups in total. The van der Waals surface area contributed by atoms with Gasteiger partial charge in [0.05, 0.1) is 55.5 Å². The van der Waals surface area contributed by atoms with E-state index in [1.54, 1.807) is 0 Å². The summed E-state index contributed by atoms with van der Waals surface area (Å²) >= 11 is 0. The molecule has 678 valence electrons. The SMILES string of the molecule is CC1(C)c2ccccc2-c2c1c1c(c3ccccc23)c2ccccc2n1-c1cc(-c2ccc(-c3ccccc3)cc2)c2ccccc2n1.CC1(C)c2ccccc2-c2c1c1c(c3ccccc23)c2ccccc2n1-c1cc2ccccc2c(-c2ccc(-c3ccccc3)cc2)n1.CC1(C)c2ccccc2-c2c1c1c(c3ccccc23)c2ccccc2n1-c1nc(-c2ccc(-c3ccccc3)cc2)c2ccccc2n1. The van der Waals surface area contributed by atoms with E-state index < -0.39 is 0 Å². The summed E-state index contributed by atoms with van der Waals surface area (Å²) < 4.78 is 7.26. The lowest BCUT2D eigenvalue weighted by Crippen LogP contribution is -2.17. The molecule has 7 heteroatoms. The van der Waals surface area contributed by atoms with Gasteiger partial charge >= 0.3 is 0 Å². The zero-order valence-electron chi connectivity index (χ0n) is 80.6. The van der Waals surface area contributed by atoms with Crippen LogP contribution >= 0.6 is 0 Å². The van der Waals surface area contributed by atoms with Gasteiger partial charge in [0.25, 0.3) is 0 Å². The molecule has 6 heterocycles. The van der Waals surface area contributed by atoms with Crippen LogP contribution in [0, 0.1) is 0 Å². The van der Waals surface area contributed by atoms with Crippen LogP contribution in [0.3, 0.4) is 0 Å². The van der Waals surface area contributed by atoms with Crippen molar-refractivity contribution < 1.29 is 0 Å². The van der Waals surface area contributed by atoms with E-state index in [2.05, 4.69) is 522 Å². The van der Waals surface area contributed by atoms with Crippen molar-refractivity contribution in [2.24, 2.45) is 0 Å². The van der Waals surface area contributed by atoms with E-state index in [4.69, 9.17) is 19.9 Å². The second-order valence-corrected chi connectivity index (χ2v) is 40.4. The van der Waals surface area contributed by atoms with Gasteiger partial charge in [-0.25, -0.2) is 19.9 Å². The van der Waals surface area contributed by atoms with Gasteiger partial charge in [-0.05, 0) is 191 Å². The zero-order valence-corrected chi connectivity index (χ0v) is 80.6. The molecule has 0 atom stereocenters. The lowest BCUT2D eigenvalue weighted by molar-refractivity contribution is 0.663. The van der Waals surface area contributed by atoms with Crippen LogP contribution in [0.25, 0.3) is 248 Å². The summed E-state index contributed by atoms with van der Waals surface area (Å²) in [5.74, 6) is 2.56. The third-order valence-electron chi connectivity index (χ3n) is 31.5. The van der Waals surface area contributed by atoms with Crippen molar-refractivity contribution in [3.05, 3.63) is 500 Å². The molecule has 30 rings (SSSR count). The zero-order chi connectivity index (χ0) is 96.0. The molecule has 0 spiro atoms. The number of rotatable bonds is 9. The van der Waals surface area contributed by atoms with Crippen LogP contribution in [-0.4, -0.2) is 33.6 Å². The maximum absolute atomic E-state index is 5.58.